The standard InChI is InChI=1S/C14H19NO3S/c16-14(17)12-2-4-13(5-3-12)18-9-1-6-15-7-10-19-11-8-15/h2-5H,1,6-11H2,(H,16,17). The third kappa shape index (κ3) is 4.76. The zero-order valence-corrected chi connectivity index (χ0v) is 11.7. The number of hydrogen-bond donors (Lipinski definition) is 1. The van der Waals surface area contributed by atoms with E-state index in [1.54, 1.807) is 24.3 Å². The van der Waals surface area contributed by atoms with Gasteiger partial charge in [-0.3, -0.25) is 0 Å². The number of hydrogen-bond acceptors (Lipinski definition) is 4. The average Bonchev–Trinajstić information content (AvgIpc) is 2.45. The molecule has 1 N–H and O–H groups in total. The van der Waals surface area contributed by atoms with Crippen molar-refractivity contribution in [2.24, 2.45) is 0 Å². The molecule has 0 bridgehead atoms. The minimum Gasteiger partial charge on any atom is -0.494 e. The Morgan fingerprint density at radius 1 is 1.26 bits per heavy atom. The molecule has 5 heteroatoms. The Bertz CT molecular complexity index is 402. The molecule has 0 aliphatic carbocycles. The molecule has 1 fully saturated rings. The van der Waals surface area contributed by atoms with Gasteiger partial charge >= 0.3 is 5.97 Å². The van der Waals surface area contributed by atoms with Crippen LogP contribution in [0.3, 0.4) is 0 Å². The number of carboxylic acid groups (broad SMARTS) is 1. The van der Waals surface area contributed by atoms with Gasteiger partial charge in [0.05, 0.1) is 12.2 Å². The molecule has 0 saturated carbocycles. The molecular formula is C14H19NO3S. The van der Waals surface area contributed by atoms with Crippen LogP contribution in [-0.4, -0.2) is 53.7 Å². The molecule has 1 aliphatic rings. The van der Waals surface area contributed by atoms with E-state index >= 15 is 0 Å². The molecule has 0 unspecified atom stereocenters. The fraction of sp³-hybridized carbons (Fsp3) is 0.500. The van der Waals surface area contributed by atoms with Gasteiger partial charge in [-0.05, 0) is 30.7 Å². The van der Waals surface area contributed by atoms with Gasteiger partial charge in [0.1, 0.15) is 5.75 Å². The van der Waals surface area contributed by atoms with Crippen LogP contribution in [0, 0.1) is 0 Å². The van der Waals surface area contributed by atoms with E-state index in [4.69, 9.17) is 9.84 Å². The fourth-order valence-corrected chi connectivity index (χ4v) is 2.98. The summed E-state index contributed by atoms with van der Waals surface area (Å²) >= 11 is 2.02. The number of rotatable bonds is 6. The van der Waals surface area contributed by atoms with Crippen molar-refractivity contribution in [2.75, 3.05) is 37.7 Å². The number of ether oxygens (including phenoxy) is 1. The highest BCUT2D eigenvalue weighted by molar-refractivity contribution is 7.99. The molecule has 0 spiro atoms. The number of thioether (sulfide) groups is 1. The van der Waals surface area contributed by atoms with Gasteiger partial charge in [-0.25, -0.2) is 4.79 Å². The van der Waals surface area contributed by atoms with Crippen molar-refractivity contribution < 1.29 is 14.6 Å². The molecule has 104 valence electrons. The van der Waals surface area contributed by atoms with Crippen LogP contribution in [-0.2, 0) is 0 Å². The van der Waals surface area contributed by atoms with E-state index in [-0.39, 0.29) is 5.56 Å². The van der Waals surface area contributed by atoms with E-state index < -0.39 is 5.97 Å². The van der Waals surface area contributed by atoms with Crippen molar-refractivity contribution in [2.45, 2.75) is 6.42 Å². The SMILES string of the molecule is O=C(O)c1ccc(OCCCN2CCSCC2)cc1. The Morgan fingerprint density at radius 3 is 2.58 bits per heavy atom. The predicted octanol–water partition coefficient (Wildman–Crippen LogP) is 2.20. The lowest BCUT2D eigenvalue weighted by Gasteiger charge is -2.25. The Labute approximate surface area is 117 Å². The van der Waals surface area contributed by atoms with Gasteiger partial charge in [-0.2, -0.15) is 11.8 Å². The van der Waals surface area contributed by atoms with Gasteiger partial charge in [-0.1, -0.05) is 0 Å². The molecule has 1 aliphatic heterocycles. The number of benzene rings is 1. The van der Waals surface area contributed by atoms with Crippen LogP contribution in [0.4, 0.5) is 0 Å². The lowest BCUT2D eigenvalue weighted by atomic mass is 10.2. The quantitative estimate of drug-likeness (QED) is 0.810. The van der Waals surface area contributed by atoms with Crippen molar-refractivity contribution in [1.82, 2.24) is 4.90 Å². The normalized spacial score (nSPS) is 16.2. The summed E-state index contributed by atoms with van der Waals surface area (Å²) in [6.07, 6.45) is 1.01. The summed E-state index contributed by atoms with van der Waals surface area (Å²) in [5.41, 5.74) is 0.290. The zero-order valence-electron chi connectivity index (χ0n) is 10.9. The van der Waals surface area contributed by atoms with Crippen molar-refractivity contribution in [1.29, 1.82) is 0 Å². The third-order valence-electron chi connectivity index (χ3n) is 3.09. The summed E-state index contributed by atoms with van der Waals surface area (Å²) in [5.74, 6) is 2.29. The van der Waals surface area contributed by atoms with E-state index in [0.717, 1.165) is 18.7 Å². The van der Waals surface area contributed by atoms with Crippen LogP contribution < -0.4 is 4.74 Å². The highest BCUT2D eigenvalue weighted by atomic mass is 32.2. The Balaban J connectivity index is 1.66. The lowest BCUT2D eigenvalue weighted by Crippen LogP contribution is -2.33. The Hall–Kier alpha value is -1.20. The first kappa shape index (κ1) is 14.2. The number of nitrogens with zero attached hydrogens (tertiary/aromatic N) is 1. The van der Waals surface area contributed by atoms with E-state index in [9.17, 15) is 4.79 Å². The summed E-state index contributed by atoms with van der Waals surface area (Å²) in [4.78, 5) is 13.2. The number of carboxylic acids is 1. The summed E-state index contributed by atoms with van der Waals surface area (Å²) in [5, 5.41) is 8.79. The van der Waals surface area contributed by atoms with Crippen molar-refractivity contribution in [3.63, 3.8) is 0 Å². The summed E-state index contributed by atoms with van der Waals surface area (Å²) < 4.78 is 5.61. The monoisotopic (exact) mass is 281 g/mol. The third-order valence-corrected chi connectivity index (χ3v) is 4.03. The van der Waals surface area contributed by atoms with E-state index in [1.807, 2.05) is 11.8 Å². The fourth-order valence-electron chi connectivity index (χ4n) is 2.00. The summed E-state index contributed by atoms with van der Waals surface area (Å²) in [7, 11) is 0. The predicted molar refractivity (Wildman–Crippen MR) is 77.3 cm³/mol. The van der Waals surface area contributed by atoms with Crippen LogP contribution in [0.15, 0.2) is 24.3 Å². The molecule has 1 aromatic rings. The van der Waals surface area contributed by atoms with Gasteiger partial charge in [-0.15, -0.1) is 0 Å². The van der Waals surface area contributed by atoms with Crippen molar-refractivity contribution in [3.8, 4) is 5.75 Å². The van der Waals surface area contributed by atoms with Gasteiger partial charge in [0, 0.05) is 31.1 Å². The van der Waals surface area contributed by atoms with Crippen LogP contribution in [0.25, 0.3) is 0 Å². The molecule has 1 aromatic carbocycles. The van der Waals surface area contributed by atoms with Crippen LogP contribution in [0.1, 0.15) is 16.8 Å². The summed E-state index contributed by atoms with van der Waals surface area (Å²) in [6, 6.07) is 6.56. The molecule has 0 atom stereocenters. The lowest BCUT2D eigenvalue weighted by molar-refractivity contribution is 0.0697. The smallest absolute Gasteiger partial charge is 0.335 e. The van der Waals surface area contributed by atoms with Gasteiger partial charge in [0.15, 0.2) is 0 Å². The van der Waals surface area contributed by atoms with E-state index in [1.165, 1.54) is 24.6 Å². The van der Waals surface area contributed by atoms with Crippen LogP contribution in [0.5, 0.6) is 5.75 Å². The number of carbonyl (C=O) groups is 1. The van der Waals surface area contributed by atoms with Crippen molar-refractivity contribution in [3.05, 3.63) is 29.8 Å². The second-order valence-corrected chi connectivity index (χ2v) is 5.71. The molecule has 1 saturated heterocycles. The molecule has 0 amide bonds. The van der Waals surface area contributed by atoms with Gasteiger partial charge in [0.2, 0.25) is 0 Å². The zero-order chi connectivity index (χ0) is 13.5. The first-order valence-electron chi connectivity index (χ1n) is 6.52. The minimum absolute atomic E-state index is 0.290. The van der Waals surface area contributed by atoms with E-state index in [2.05, 4.69) is 4.90 Å². The molecule has 4 nitrogen and oxygen atoms in total. The molecule has 0 aromatic heterocycles. The molecule has 2 rings (SSSR count). The van der Waals surface area contributed by atoms with E-state index in [0.29, 0.717) is 6.61 Å². The van der Waals surface area contributed by atoms with Crippen molar-refractivity contribution >= 4 is 17.7 Å². The second kappa shape index (κ2) is 7.40. The molecular weight excluding hydrogens is 262 g/mol. The molecule has 19 heavy (non-hydrogen) atoms. The molecule has 1 heterocycles. The topological polar surface area (TPSA) is 49.8 Å². The molecule has 0 radical (unpaired) electrons. The number of aromatic carboxylic acids is 1. The van der Waals surface area contributed by atoms with Crippen LogP contribution in [0.2, 0.25) is 0 Å². The minimum atomic E-state index is -0.908. The van der Waals surface area contributed by atoms with Gasteiger partial charge in [0.25, 0.3) is 0 Å². The summed E-state index contributed by atoms with van der Waals surface area (Å²) in [6.45, 7) is 4.11. The Kier molecular flexibility index (Phi) is 5.54. The highest BCUT2D eigenvalue weighted by Gasteiger charge is 2.09. The first-order valence-corrected chi connectivity index (χ1v) is 7.67. The second-order valence-electron chi connectivity index (χ2n) is 4.49. The van der Waals surface area contributed by atoms with Gasteiger partial charge < -0.3 is 14.7 Å². The Morgan fingerprint density at radius 2 is 1.95 bits per heavy atom. The first-order chi connectivity index (χ1) is 9.25. The maximum absolute atomic E-state index is 10.7. The maximum atomic E-state index is 10.7. The largest absolute Gasteiger partial charge is 0.494 e. The highest BCUT2D eigenvalue weighted by Crippen LogP contribution is 2.13. The maximum Gasteiger partial charge on any atom is 0.335 e. The average molecular weight is 281 g/mol. The van der Waals surface area contributed by atoms with Crippen LogP contribution >= 0.6 is 11.8 Å².